The van der Waals surface area contributed by atoms with E-state index < -0.39 is 0 Å². The quantitative estimate of drug-likeness (QED) is 0.808. The van der Waals surface area contributed by atoms with Crippen LogP contribution in [0, 0.1) is 16.7 Å². The Bertz CT molecular complexity index is 817. The average Bonchev–Trinajstić information content (AvgIpc) is 3.52. The number of carbonyl (C=O) groups excluding carboxylic acids is 2. The van der Waals surface area contributed by atoms with Gasteiger partial charge < -0.3 is 20.0 Å². The van der Waals surface area contributed by atoms with E-state index >= 15 is 0 Å². The van der Waals surface area contributed by atoms with Gasteiger partial charge in [0.25, 0.3) is 0 Å². The first kappa shape index (κ1) is 20.7. The van der Waals surface area contributed by atoms with E-state index in [9.17, 15) is 9.59 Å². The lowest BCUT2D eigenvalue weighted by molar-refractivity contribution is -0.142. The fourth-order valence-electron chi connectivity index (χ4n) is 6.88. The molecule has 1 aromatic heterocycles. The van der Waals surface area contributed by atoms with Crippen LogP contribution in [0.3, 0.4) is 0 Å². The number of amides is 3. The van der Waals surface area contributed by atoms with Gasteiger partial charge in [-0.2, -0.15) is 0 Å². The number of hydrogen-bond donors (Lipinski definition) is 1. The van der Waals surface area contributed by atoms with Gasteiger partial charge in [-0.15, -0.1) is 0 Å². The zero-order valence-corrected chi connectivity index (χ0v) is 18.7. The number of urea groups is 1. The second kappa shape index (κ2) is 8.08. The fourth-order valence-corrected chi connectivity index (χ4v) is 6.88. The largest absolute Gasteiger partial charge is 0.342 e. The van der Waals surface area contributed by atoms with Gasteiger partial charge >= 0.3 is 6.03 Å². The third-order valence-corrected chi connectivity index (χ3v) is 8.67. The molecule has 2 atom stereocenters. The zero-order valence-electron chi connectivity index (χ0n) is 18.7. The molecule has 3 amide bonds. The molecule has 1 N–H and O–H groups in total. The summed E-state index contributed by atoms with van der Waals surface area (Å²) in [7, 11) is 0. The Morgan fingerprint density at radius 3 is 2.42 bits per heavy atom. The number of nitrogens with one attached hydrogen (secondary N) is 1. The number of nitrogens with zero attached hydrogens (tertiary/aromatic N) is 4. The number of carbonyl (C=O) groups is 2. The van der Waals surface area contributed by atoms with Gasteiger partial charge in [-0.1, -0.05) is 6.92 Å². The number of hydrogen-bond acceptors (Lipinski definition) is 4. The molecule has 1 spiro atoms. The first-order valence-corrected chi connectivity index (χ1v) is 12.0. The minimum Gasteiger partial charge on any atom is -0.342 e. The molecule has 1 saturated carbocycles. The Kier molecular flexibility index (Phi) is 5.40. The second-order valence-corrected chi connectivity index (χ2v) is 10.1. The Morgan fingerprint density at radius 1 is 1.03 bits per heavy atom. The van der Waals surface area contributed by atoms with Crippen molar-refractivity contribution in [1.29, 1.82) is 0 Å². The molecule has 3 saturated heterocycles. The SMILES string of the molecule is CCN1C[C@H]2C3(CCN(C(=O)Nc4ccncc4)CC3)CC[C@@]2(C(=O)N2CCCC2)C1. The predicted octanol–water partition coefficient (Wildman–Crippen LogP) is 3.05. The van der Waals surface area contributed by atoms with Gasteiger partial charge in [0.1, 0.15) is 0 Å². The lowest BCUT2D eigenvalue weighted by Gasteiger charge is -2.44. The molecule has 5 rings (SSSR count). The van der Waals surface area contributed by atoms with Crippen LogP contribution in [0.15, 0.2) is 24.5 Å². The van der Waals surface area contributed by atoms with E-state index in [0.717, 1.165) is 90.0 Å². The van der Waals surface area contributed by atoms with Crippen LogP contribution >= 0.6 is 0 Å². The number of anilines is 1. The molecule has 168 valence electrons. The van der Waals surface area contributed by atoms with Crippen molar-refractivity contribution < 1.29 is 9.59 Å². The first-order chi connectivity index (χ1) is 15.1. The topological polar surface area (TPSA) is 68.8 Å². The summed E-state index contributed by atoms with van der Waals surface area (Å²) in [5.74, 6) is 0.860. The van der Waals surface area contributed by atoms with Gasteiger partial charge in [0.15, 0.2) is 0 Å². The fraction of sp³-hybridized carbons (Fsp3) is 0.708. The summed E-state index contributed by atoms with van der Waals surface area (Å²) >= 11 is 0. The maximum atomic E-state index is 13.7. The summed E-state index contributed by atoms with van der Waals surface area (Å²) in [4.78, 5) is 37.1. The Balaban J connectivity index is 1.29. The van der Waals surface area contributed by atoms with Crippen LogP contribution in [-0.4, -0.2) is 77.4 Å². The Labute approximate surface area is 185 Å². The summed E-state index contributed by atoms with van der Waals surface area (Å²) in [5, 5.41) is 2.99. The maximum absolute atomic E-state index is 13.7. The van der Waals surface area contributed by atoms with Crippen LogP contribution in [0.1, 0.15) is 45.4 Å². The average molecular weight is 426 g/mol. The highest BCUT2D eigenvalue weighted by molar-refractivity contribution is 5.89. The number of aromatic nitrogens is 1. The van der Waals surface area contributed by atoms with Crippen LogP contribution in [0.25, 0.3) is 0 Å². The van der Waals surface area contributed by atoms with Crippen LogP contribution in [0.4, 0.5) is 10.5 Å². The van der Waals surface area contributed by atoms with E-state index in [1.165, 1.54) is 0 Å². The van der Waals surface area contributed by atoms with Crippen molar-refractivity contribution in [3.8, 4) is 0 Å². The predicted molar refractivity (Wildman–Crippen MR) is 120 cm³/mol. The molecule has 0 bridgehead atoms. The number of piperidine rings is 1. The van der Waals surface area contributed by atoms with E-state index in [0.29, 0.717) is 11.8 Å². The molecule has 1 aliphatic carbocycles. The highest BCUT2D eigenvalue weighted by atomic mass is 16.2. The molecule has 4 heterocycles. The molecule has 0 unspecified atom stereocenters. The van der Waals surface area contributed by atoms with Gasteiger partial charge in [-0.3, -0.25) is 9.78 Å². The summed E-state index contributed by atoms with van der Waals surface area (Å²) in [5.41, 5.74) is 0.792. The minimum atomic E-state index is -0.193. The first-order valence-electron chi connectivity index (χ1n) is 12.0. The zero-order chi connectivity index (χ0) is 21.5. The van der Waals surface area contributed by atoms with Gasteiger partial charge in [-0.25, -0.2) is 4.79 Å². The highest BCUT2D eigenvalue weighted by Crippen LogP contribution is 2.62. The van der Waals surface area contributed by atoms with E-state index in [1.807, 2.05) is 17.0 Å². The summed E-state index contributed by atoms with van der Waals surface area (Å²) < 4.78 is 0. The highest BCUT2D eigenvalue weighted by Gasteiger charge is 2.64. The van der Waals surface area contributed by atoms with E-state index in [2.05, 4.69) is 27.0 Å². The number of rotatable bonds is 3. The van der Waals surface area contributed by atoms with Crippen molar-refractivity contribution in [1.82, 2.24) is 19.7 Å². The van der Waals surface area contributed by atoms with Crippen molar-refractivity contribution in [2.75, 3.05) is 51.1 Å². The van der Waals surface area contributed by atoms with Crippen LogP contribution in [0.5, 0.6) is 0 Å². The molecular formula is C24H35N5O2. The van der Waals surface area contributed by atoms with Crippen LogP contribution in [0.2, 0.25) is 0 Å². The van der Waals surface area contributed by atoms with Crippen LogP contribution in [-0.2, 0) is 4.79 Å². The molecule has 31 heavy (non-hydrogen) atoms. The standard InChI is InChI=1S/C24H35N5O2/c1-2-27-17-20-23(7-8-24(20,18-27)21(30)28-13-3-4-14-28)9-15-29(16-10-23)22(31)26-19-5-11-25-12-6-19/h5-6,11-12,20H,2-4,7-10,13-18H2,1H3,(H,25,26,31)/t20-,24+/m0/s1. The molecule has 1 aromatic rings. The number of likely N-dealkylation sites (tertiary alicyclic amines) is 3. The number of fused-ring (bicyclic) bond motifs is 2. The maximum Gasteiger partial charge on any atom is 0.321 e. The lowest BCUT2D eigenvalue weighted by Crippen LogP contribution is -2.50. The third kappa shape index (κ3) is 3.51. The molecule has 4 fully saturated rings. The molecule has 7 nitrogen and oxygen atoms in total. The summed E-state index contributed by atoms with van der Waals surface area (Å²) in [6.07, 6.45) is 9.85. The van der Waals surface area contributed by atoms with Crippen molar-refractivity contribution in [3.05, 3.63) is 24.5 Å². The van der Waals surface area contributed by atoms with Gasteiger partial charge in [-0.05, 0) is 68.5 Å². The van der Waals surface area contributed by atoms with Crippen molar-refractivity contribution in [2.24, 2.45) is 16.7 Å². The molecule has 7 heteroatoms. The van der Waals surface area contributed by atoms with Gasteiger partial charge in [0, 0.05) is 57.3 Å². The van der Waals surface area contributed by atoms with Crippen LogP contribution < -0.4 is 5.32 Å². The Morgan fingerprint density at radius 2 is 1.74 bits per heavy atom. The lowest BCUT2D eigenvalue weighted by atomic mass is 9.65. The van der Waals surface area contributed by atoms with Gasteiger partial charge in [0.05, 0.1) is 5.41 Å². The van der Waals surface area contributed by atoms with Gasteiger partial charge in [0.2, 0.25) is 5.91 Å². The van der Waals surface area contributed by atoms with E-state index in [4.69, 9.17) is 0 Å². The third-order valence-electron chi connectivity index (χ3n) is 8.67. The summed E-state index contributed by atoms with van der Waals surface area (Å²) in [6.45, 7) is 8.62. The van der Waals surface area contributed by atoms with Crippen molar-refractivity contribution in [3.63, 3.8) is 0 Å². The van der Waals surface area contributed by atoms with E-state index in [-0.39, 0.29) is 16.9 Å². The molecule has 0 aromatic carbocycles. The minimum absolute atomic E-state index is 0.0277. The Hall–Kier alpha value is -2.15. The van der Waals surface area contributed by atoms with Crippen molar-refractivity contribution in [2.45, 2.75) is 45.4 Å². The van der Waals surface area contributed by atoms with Crippen molar-refractivity contribution >= 4 is 17.6 Å². The number of pyridine rings is 1. The van der Waals surface area contributed by atoms with E-state index in [1.54, 1.807) is 12.4 Å². The smallest absolute Gasteiger partial charge is 0.321 e. The second-order valence-electron chi connectivity index (χ2n) is 10.1. The molecule has 3 aliphatic heterocycles. The monoisotopic (exact) mass is 425 g/mol. The summed E-state index contributed by atoms with van der Waals surface area (Å²) in [6, 6.07) is 3.60. The molecule has 4 aliphatic rings. The molecule has 0 radical (unpaired) electrons. The molecular weight excluding hydrogens is 390 g/mol. The normalized spacial score (nSPS) is 30.0.